The van der Waals surface area contributed by atoms with E-state index in [4.69, 9.17) is 11.1 Å². The molecule has 0 aliphatic carbocycles. The standard InChI is InChI=1S/C13H19N5O/c1-4-11-7-10(8-12(16-11)17-15)13(19)18(3)9(2)5-6-14/h7-9H,4-5,15H2,1-3H3,(H,16,17). The Morgan fingerprint density at radius 3 is 2.84 bits per heavy atom. The molecule has 0 aliphatic heterocycles. The number of rotatable bonds is 5. The van der Waals surface area contributed by atoms with Gasteiger partial charge >= 0.3 is 0 Å². The van der Waals surface area contributed by atoms with Crippen molar-refractivity contribution in [1.29, 1.82) is 5.26 Å². The van der Waals surface area contributed by atoms with E-state index in [1.807, 2.05) is 13.8 Å². The molecule has 1 rings (SSSR count). The molecule has 1 unspecified atom stereocenters. The molecule has 0 saturated heterocycles. The van der Waals surface area contributed by atoms with Crippen molar-refractivity contribution in [2.75, 3.05) is 12.5 Å². The Labute approximate surface area is 113 Å². The zero-order chi connectivity index (χ0) is 14.4. The van der Waals surface area contributed by atoms with Crippen molar-refractivity contribution in [2.45, 2.75) is 32.7 Å². The number of carbonyl (C=O) groups is 1. The summed E-state index contributed by atoms with van der Waals surface area (Å²) in [5, 5.41) is 8.68. The maximum atomic E-state index is 12.3. The Bertz CT molecular complexity index is 472. The van der Waals surface area contributed by atoms with Gasteiger partial charge in [0, 0.05) is 24.3 Å². The molecule has 0 saturated carbocycles. The summed E-state index contributed by atoms with van der Waals surface area (Å²) >= 11 is 0. The quantitative estimate of drug-likeness (QED) is 0.615. The molecule has 1 atom stereocenters. The van der Waals surface area contributed by atoms with Crippen molar-refractivity contribution >= 4 is 11.7 Å². The first kappa shape index (κ1) is 14.9. The molecule has 0 aliphatic rings. The normalized spacial score (nSPS) is 11.5. The third kappa shape index (κ3) is 3.66. The number of hydrogen-bond donors (Lipinski definition) is 2. The van der Waals surface area contributed by atoms with E-state index < -0.39 is 0 Å². The average Bonchev–Trinajstić information content (AvgIpc) is 2.45. The summed E-state index contributed by atoms with van der Waals surface area (Å²) in [6.07, 6.45) is 1.02. The van der Waals surface area contributed by atoms with Gasteiger partial charge in [0.15, 0.2) is 0 Å². The number of nitrogen functional groups attached to an aromatic ring is 1. The first-order valence-electron chi connectivity index (χ1n) is 6.15. The van der Waals surface area contributed by atoms with Crippen molar-refractivity contribution < 1.29 is 4.79 Å². The van der Waals surface area contributed by atoms with Crippen LogP contribution in [0, 0.1) is 11.3 Å². The molecule has 1 amide bonds. The summed E-state index contributed by atoms with van der Waals surface area (Å²) in [4.78, 5) is 18.1. The third-order valence-electron chi connectivity index (χ3n) is 3.00. The Morgan fingerprint density at radius 1 is 1.63 bits per heavy atom. The van der Waals surface area contributed by atoms with Gasteiger partial charge in [0.2, 0.25) is 0 Å². The van der Waals surface area contributed by atoms with Crippen molar-refractivity contribution in [1.82, 2.24) is 9.88 Å². The maximum Gasteiger partial charge on any atom is 0.254 e. The van der Waals surface area contributed by atoms with Crippen LogP contribution in [0.5, 0.6) is 0 Å². The molecule has 1 aromatic rings. The van der Waals surface area contributed by atoms with Gasteiger partial charge in [-0.1, -0.05) is 6.92 Å². The van der Waals surface area contributed by atoms with Gasteiger partial charge in [-0.25, -0.2) is 10.8 Å². The summed E-state index contributed by atoms with van der Waals surface area (Å²) < 4.78 is 0. The van der Waals surface area contributed by atoms with E-state index in [0.29, 0.717) is 24.2 Å². The van der Waals surface area contributed by atoms with Crippen LogP contribution >= 0.6 is 0 Å². The lowest BCUT2D eigenvalue weighted by Crippen LogP contribution is -2.35. The molecule has 1 aromatic heterocycles. The molecule has 102 valence electrons. The van der Waals surface area contributed by atoms with Crippen LogP contribution in [0.25, 0.3) is 0 Å². The number of aromatic nitrogens is 1. The third-order valence-corrected chi connectivity index (χ3v) is 3.00. The van der Waals surface area contributed by atoms with Crippen LogP contribution in [0.3, 0.4) is 0 Å². The van der Waals surface area contributed by atoms with E-state index in [2.05, 4.69) is 16.5 Å². The molecule has 6 heteroatoms. The number of pyridine rings is 1. The minimum atomic E-state index is -0.142. The molecule has 0 aromatic carbocycles. The molecule has 0 radical (unpaired) electrons. The second kappa shape index (κ2) is 6.71. The van der Waals surface area contributed by atoms with Crippen molar-refractivity contribution in [3.05, 3.63) is 23.4 Å². The summed E-state index contributed by atoms with van der Waals surface area (Å²) in [6, 6.07) is 5.28. The second-order valence-corrected chi connectivity index (χ2v) is 4.36. The van der Waals surface area contributed by atoms with Crippen LogP contribution in [0.2, 0.25) is 0 Å². The number of hydrazine groups is 1. The fraction of sp³-hybridized carbons (Fsp3) is 0.462. The number of carbonyl (C=O) groups excluding carboxylic acids is 1. The Morgan fingerprint density at radius 2 is 2.32 bits per heavy atom. The minimum Gasteiger partial charge on any atom is -0.338 e. The smallest absolute Gasteiger partial charge is 0.254 e. The van der Waals surface area contributed by atoms with Crippen molar-refractivity contribution in [3.8, 4) is 6.07 Å². The summed E-state index contributed by atoms with van der Waals surface area (Å²) in [7, 11) is 1.69. The maximum absolute atomic E-state index is 12.3. The van der Waals surface area contributed by atoms with Gasteiger partial charge in [0.05, 0.1) is 12.5 Å². The van der Waals surface area contributed by atoms with Crippen LogP contribution < -0.4 is 11.3 Å². The van der Waals surface area contributed by atoms with Gasteiger partial charge in [-0.05, 0) is 25.5 Å². The SMILES string of the molecule is CCc1cc(C(=O)N(C)C(C)CC#N)cc(NN)n1. The fourth-order valence-electron chi connectivity index (χ4n) is 1.64. The number of anilines is 1. The van der Waals surface area contributed by atoms with Crippen LogP contribution in [-0.2, 0) is 6.42 Å². The lowest BCUT2D eigenvalue weighted by molar-refractivity contribution is 0.0746. The number of nitrogens with one attached hydrogen (secondary N) is 1. The number of amides is 1. The molecule has 0 bridgehead atoms. The molecule has 6 nitrogen and oxygen atoms in total. The van der Waals surface area contributed by atoms with E-state index in [1.54, 1.807) is 24.1 Å². The highest BCUT2D eigenvalue weighted by Crippen LogP contribution is 2.14. The minimum absolute atomic E-state index is 0.134. The van der Waals surface area contributed by atoms with E-state index in [1.165, 1.54) is 0 Å². The monoisotopic (exact) mass is 261 g/mol. The predicted octanol–water partition coefficient (Wildman–Crippen LogP) is 1.30. The van der Waals surface area contributed by atoms with Crippen molar-refractivity contribution in [2.24, 2.45) is 5.84 Å². The molecule has 0 spiro atoms. The average molecular weight is 261 g/mol. The van der Waals surface area contributed by atoms with Gasteiger partial charge < -0.3 is 10.3 Å². The van der Waals surface area contributed by atoms with Gasteiger partial charge in [-0.15, -0.1) is 0 Å². The Hall–Kier alpha value is -2.13. The van der Waals surface area contributed by atoms with Crippen LogP contribution in [0.15, 0.2) is 12.1 Å². The Kier molecular flexibility index (Phi) is 5.27. The highest BCUT2D eigenvalue weighted by Gasteiger charge is 2.18. The van der Waals surface area contributed by atoms with Gasteiger partial charge in [0.1, 0.15) is 5.82 Å². The van der Waals surface area contributed by atoms with Gasteiger partial charge in [0.25, 0.3) is 5.91 Å². The molecule has 0 fully saturated rings. The first-order chi connectivity index (χ1) is 9.03. The number of nitrogens with two attached hydrogens (primary N) is 1. The highest BCUT2D eigenvalue weighted by molar-refractivity contribution is 5.95. The number of nitriles is 1. The van der Waals surface area contributed by atoms with E-state index in [9.17, 15) is 4.79 Å². The zero-order valence-corrected chi connectivity index (χ0v) is 11.5. The molecular formula is C13H19N5O. The molecule has 19 heavy (non-hydrogen) atoms. The summed E-state index contributed by atoms with van der Waals surface area (Å²) in [5.74, 6) is 5.67. The summed E-state index contributed by atoms with van der Waals surface area (Å²) in [5.41, 5.74) is 3.77. The molecular weight excluding hydrogens is 242 g/mol. The van der Waals surface area contributed by atoms with Crippen LogP contribution in [0.4, 0.5) is 5.82 Å². The summed E-state index contributed by atoms with van der Waals surface area (Å²) in [6.45, 7) is 3.80. The number of nitrogens with zero attached hydrogens (tertiary/aromatic N) is 3. The lowest BCUT2D eigenvalue weighted by atomic mass is 10.1. The zero-order valence-electron chi connectivity index (χ0n) is 11.5. The number of aryl methyl sites for hydroxylation is 1. The van der Waals surface area contributed by atoms with Gasteiger partial charge in [-0.3, -0.25) is 4.79 Å². The Balaban J connectivity index is 3.02. The van der Waals surface area contributed by atoms with E-state index in [0.717, 1.165) is 5.69 Å². The van der Waals surface area contributed by atoms with Crippen LogP contribution in [-0.4, -0.2) is 28.9 Å². The molecule has 3 N–H and O–H groups in total. The molecule has 1 heterocycles. The fourth-order valence-corrected chi connectivity index (χ4v) is 1.64. The van der Waals surface area contributed by atoms with Crippen molar-refractivity contribution in [3.63, 3.8) is 0 Å². The van der Waals surface area contributed by atoms with E-state index in [-0.39, 0.29) is 11.9 Å². The largest absolute Gasteiger partial charge is 0.338 e. The second-order valence-electron chi connectivity index (χ2n) is 4.36. The predicted molar refractivity (Wildman–Crippen MR) is 73.2 cm³/mol. The topological polar surface area (TPSA) is 95.0 Å². The first-order valence-corrected chi connectivity index (χ1v) is 6.15. The lowest BCUT2D eigenvalue weighted by Gasteiger charge is -2.23. The van der Waals surface area contributed by atoms with Crippen LogP contribution in [0.1, 0.15) is 36.3 Å². The highest BCUT2D eigenvalue weighted by atomic mass is 16.2. The number of hydrogen-bond acceptors (Lipinski definition) is 5. The van der Waals surface area contributed by atoms with E-state index >= 15 is 0 Å². The van der Waals surface area contributed by atoms with Gasteiger partial charge in [-0.2, -0.15) is 5.26 Å².